The molecule has 7 nitrogen and oxygen atoms in total. The van der Waals surface area contributed by atoms with Gasteiger partial charge in [-0.25, -0.2) is 9.78 Å². The standard InChI is InChI=1S/C30H23Cl2N3O4S/c1-3-24(27(36)34-30-33-23(16-40-30)17-8-12-19(31)13-9-17)39-29(38)26-25(18-10-14-20(32)15-11-18)21-6-4-5-7-22(21)28(37)35(26)2/h4-16,24H,3H2,1-2H3,(H,33,34,36). The summed E-state index contributed by atoms with van der Waals surface area (Å²) in [4.78, 5) is 44.5. The molecule has 10 heteroatoms. The molecule has 5 aromatic rings. The molecule has 2 heterocycles. The monoisotopic (exact) mass is 591 g/mol. The minimum absolute atomic E-state index is 0.0385. The van der Waals surface area contributed by atoms with E-state index in [0.29, 0.717) is 42.8 Å². The summed E-state index contributed by atoms with van der Waals surface area (Å²) in [6, 6.07) is 21.2. The average molecular weight is 593 g/mol. The van der Waals surface area contributed by atoms with Crippen molar-refractivity contribution in [3.05, 3.63) is 104 Å². The predicted molar refractivity (Wildman–Crippen MR) is 160 cm³/mol. The van der Waals surface area contributed by atoms with Gasteiger partial charge in [0, 0.05) is 39.0 Å². The summed E-state index contributed by atoms with van der Waals surface area (Å²) in [7, 11) is 1.51. The molecule has 0 spiro atoms. The Morgan fingerprint density at radius 2 is 1.55 bits per heavy atom. The maximum Gasteiger partial charge on any atom is 0.356 e. The van der Waals surface area contributed by atoms with E-state index in [1.165, 1.54) is 23.0 Å². The van der Waals surface area contributed by atoms with Gasteiger partial charge in [0.05, 0.1) is 5.69 Å². The van der Waals surface area contributed by atoms with Gasteiger partial charge in [-0.1, -0.05) is 72.6 Å². The number of rotatable bonds is 7. The molecule has 0 saturated carbocycles. The maximum atomic E-state index is 13.7. The smallest absolute Gasteiger partial charge is 0.356 e. The van der Waals surface area contributed by atoms with Crippen LogP contribution in [0.3, 0.4) is 0 Å². The van der Waals surface area contributed by atoms with Gasteiger partial charge in [0.25, 0.3) is 11.5 Å². The fourth-order valence-electron chi connectivity index (χ4n) is 4.39. The van der Waals surface area contributed by atoms with Gasteiger partial charge in [-0.05, 0) is 47.7 Å². The van der Waals surface area contributed by atoms with Crippen molar-refractivity contribution in [2.45, 2.75) is 19.4 Å². The van der Waals surface area contributed by atoms with Crippen molar-refractivity contribution >= 4 is 62.3 Å². The number of nitrogens with zero attached hydrogens (tertiary/aromatic N) is 2. The summed E-state index contributed by atoms with van der Waals surface area (Å²) in [5.41, 5.74) is 2.42. The molecule has 1 amide bonds. The van der Waals surface area contributed by atoms with Crippen molar-refractivity contribution in [3.63, 3.8) is 0 Å². The van der Waals surface area contributed by atoms with Crippen LogP contribution in [0, 0.1) is 0 Å². The molecule has 1 atom stereocenters. The maximum absolute atomic E-state index is 13.7. The number of carbonyl (C=O) groups is 2. The second kappa shape index (κ2) is 11.6. The Kier molecular flexibility index (Phi) is 8.02. The average Bonchev–Trinajstić information content (AvgIpc) is 3.42. The molecule has 0 radical (unpaired) electrons. The molecule has 40 heavy (non-hydrogen) atoms. The first kappa shape index (κ1) is 27.6. The molecule has 0 aliphatic rings. The molecular weight excluding hydrogens is 569 g/mol. The molecule has 1 N–H and O–H groups in total. The van der Waals surface area contributed by atoms with Crippen molar-refractivity contribution in [1.29, 1.82) is 0 Å². The zero-order chi connectivity index (χ0) is 28.4. The lowest BCUT2D eigenvalue weighted by Gasteiger charge is -2.20. The number of fused-ring (bicyclic) bond motifs is 1. The molecule has 0 bridgehead atoms. The van der Waals surface area contributed by atoms with Gasteiger partial charge in [-0.15, -0.1) is 11.3 Å². The highest BCUT2D eigenvalue weighted by Crippen LogP contribution is 2.32. The van der Waals surface area contributed by atoms with Crippen LogP contribution < -0.4 is 10.9 Å². The molecule has 1 unspecified atom stereocenters. The Hall–Kier alpha value is -3.98. The number of hydrogen-bond acceptors (Lipinski definition) is 6. The zero-order valence-corrected chi connectivity index (χ0v) is 23.8. The highest BCUT2D eigenvalue weighted by molar-refractivity contribution is 7.14. The summed E-state index contributed by atoms with van der Waals surface area (Å²) in [6.45, 7) is 1.73. The molecule has 202 valence electrons. The van der Waals surface area contributed by atoms with E-state index in [1.54, 1.807) is 67.6 Å². The number of benzene rings is 3. The number of aromatic nitrogens is 2. The van der Waals surface area contributed by atoms with E-state index >= 15 is 0 Å². The van der Waals surface area contributed by atoms with Gasteiger partial charge < -0.3 is 9.30 Å². The van der Waals surface area contributed by atoms with Gasteiger partial charge >= 0.3 is 5.97 Å². The number of ether oxygens (including phenoxy) is 1. The fourth-order valence-corrected chi connectivity index (χ4v) is 5.37. The van der Waals surface area contributed by atoms with Crippen LogP contribution in [0.25, 0.3) is 33.2 Å². The number of hydrogen-bond donors (Lipinski definition) is 1. The Bertz CT molecular complexity index is 1780. The van der Waals surface area contributed by atoms with Crippen LogP contribution >= 0.6 is 34.5 Å². The molecule has 0 aliphatic carbocycles. The lowest BCUT2D eigenvalue weighted by Crippen LogP contribution is -2.34. The zero-order valence-electron chi connectivity index (χ0n) is 21.5. The third-order valence-corrected chi connectivity index (χ3v) is 7.68. The van der Waals surface area contributed by atoms with E-state index in [0.717, 1.165) is 5.56 Å². The SMILES string of the molecule is CCC(OC(=O)c1c(-c2ccc(Cl)cc2)c2ccccc2c(=O)n1C)C(=O)Nc1nc(-c2ccc(Cl)cc2)cs1. The van der Waals surface area contributed by atoms with Crippen molar-refractivity contribution in [1.82, 2.24) is 9.55 Å². The van der Waals surface area contributed by atoms with Crippen molar-refractivity contribution in [2.24, 2.45) is 7.05 Å². The number of nitrogens with one attached hydrogen (secondary N) is 1. The molecule has 0 saturated heterocycles. The Balaban J connectivity index is 1.45. The summed E-state index contributed by atoms with van der Waals surface area (Å²) in [5.74, 6) is -1.31. The second-order valence-corrected chi connectivity index (χ2v) is 10.7. The number of amides is 1. The molecule has 3 aromatic carbocycles. The minimum atomic E-state index is -1.12. The molecule has 5 rings (SSSR count). The largest absolute Gasteiger partial charge is 0.448 e. The summed E-state index contributed by atoms with van der Waals surface area (Å²) < 4.78 is 6.98. The van der Waals surface area contributed by atoms with E-state index in [1.807, 2.05) is 17.5 Å². The van der Waals surface area contributed by atoms with Gasteiger partial charge in [0.15, 0.2) is 11.2 Å². The third-order valence-electron chi connectivity index (χ3n) is 6.42. The minimum Gasteiger partial charge on any atom is -0.448 e. The van der Waals surface area contributed by atoms with Crippen LogP contribution in [0.5, 0.6) is 0 Å². The normalized spacial score (nSPS) is 11.8. The van der Waals surface area contributed by atoms with E-state index in [9.17, 15) is 14.4 Å². The number of halogens is 2. The lowest BCUT2D eigenvalue weighted by atomic mass is 9.96. The Labute approximate surface area is 244 Å². The van der Waals surface area contributed by atoms with Crippen LogP contribution in [-0.4, -0.2) is 27.5 Å². The van der Waals surface area contributed by atoms with Crippen molar-refractivity contribution in [3.8, 4) is 22.4 Å². The van der Waals surface area contributed by atoms with Gasteiger partial charge in [0.2, 0.25) is 0 Å². The van der Waals surface area contributed by atoms with Gasteiger partial charge in [-0.3, -0.25) is 14.9 Å². The molecule has 0 fully saturated rings. The van der Waals surface area contributed by atoms with Crippen molar-refractivity contribution < 1.29 is 14.3 Å². The first-order chi connectivity index (χ1) is 19.3. The summed E-state index contributed by atoms with van der Waals surface area (Å²) in [5, 5.41) is 7.12. The third kappa shape index (κ3) is 5.51. The van der Waals surface area contributed by atoms with Crippen LogP contribution in [0.1, 0.15) is 23.8 Å². The number of thiazole rings is 1. The topological polar surface area (TPSA) is 90.3 Å². The highest BCUT2D eigenvalue weighted by Gasteiger charge is 2.28. The molecule has 2 aromatic heterocycles. The summed E-state index contributed by atoms with van der Waals surface area (Å²) in [6.07, 6.45) is -0.903. The molecule has 0 aliphatic heterocycles. The lowest BCUT2D eigenvalue weighted by molar-refractivity contribution is -0.124. The number of carbonyl (C=O) groups excluding carboxylic acids is 2. The van der Waals surface area contributed by atoms with Crippen LogP contribution in [0.2, 0.25) is 10.0 Å². The van der Waals surface area contributed by atoms with E-state index < -0.39 is 18.0 Å². The van der Waals surface area contributed by atoms with Crippen LogP contribution in [0.15, 0.2) is 83.0 Å². The fraction of sp³-hybridized carbons (Fsp3) is 0.133. The number of pyridine rings is 1. The van der Waals surface area contributed by atoms with Crippen molar-refractivity contribution in [2.75, 3.05) is 5.32 Å². The Morgan fingerprint density at radius 3 is 2.17 bits per heavy atom. The Morgan fingerprint density at radius 1 is 0.950 bits per heavy atom. The number of esters is 1. The first-order valence-corrected chi connectivity index (χ1v) is 14.0. The predicted octanol–water partition coefficient (Wildman–Crippen LogP) is 7.21. The van der Waals surface area contributed by atoms with E-state index in [4.69, 9.17) is 27.9 Å². The quantitative estimate of drug-likeness (QED) is 0.202. The van der Waals surface area contributed by atoms with Gasteiger partial charge in [0.1, 0.15) is 5.69 Å². The van der Waals surface area contributed by atoms with Crippen LogP contribution in [-0.2, 0) is 16.6 Å². The summed E-state index contributed by atoms with van der Waals surface area (Å²) >= 11 is 13.3. The van der Waals surface area contributed by atoms with E-state index in [-0.39, 0.29) is 17.7 Å². The number of anilines is 1. The van der Waals surface area contributed by atoms with E-state index in [2.05, 4.69) is 10.3 Å². The highest BCUT2D eigenvalue weighted by atomic mass is 35.5. The molecular formula is C30H23Cl2N3O4S. The van der Waals surface area contributed by atoms with Crippen LogP contribution in [0.4, 0.5) is 5.13 Å². The first-order valence-electron chi connectivity index (χ1n) is 12.4. The second-order valence-electron chi connectivity index (χ2n) is 8.98. The van der Waals surface area contributed by atoms with Gasteiger partial charge in [-0.2, -0.15) is 0 Å².